The maximum atomic E-state index is 13.4. The summed E-state index contributed by atoms with van der Waals surface area (Å²) in [5.74, 6) is 0.748. The summed E-state index contributed by atoms with van der Waals surface area (Å²) in [7, 11) is 3.75. The quantitative estimate of drug-likeness (QED) is 0.717. The topological polar surface area (TPSA) is 47.4 Å². The molecule has 0 spiro atoms. The molecular formula is C22H23N3O2. The lowest BCUT2D eigenvalue weighted by molar-refractivity contribution is 0.305. The zero-order chi connectivity index (χ0) is 18.8. The number of rotatable bonds is 4. The molecule has 3 aromatic rings. The van der Waals surface area contributed by atoms with E-state index in [1.165, 1.54) is 5.56 Å². The summed E-state index contributed by atoms with van der Waals surface area (Å²) in [6.45, 7) is 2.28. The third kappa shape index (κ3) is 3.51. The molecule has 0 bridgehead atoms. The molecule has 0 fully saturated rings. The van der Waals surface area contributed by atoms with E-state index in [1.54, 1.807) is 13.3 Å². The van der Waals surface area contributed by atoms with Crippen molar-refractivity contribution in [3.8, 4) is 16.9 Å². The number of methoxy groups -OCH3 is 1. The number of ether oxygens (including phenoxy) is 1. The third-order valence-electron chi connectivity index (χ3n) is 5.09. The van der Waals surface area contributed by atoms with Crippen molar-refractivity contribution >= 4 is 0 Å². The van der Waals surface area contributed by atoms with Gasteiger partial charge in [-0.1, -0.05) is 18.2 Å². The van der Waals surface area contributed by atoms with Gasteiger partial charge in [0.1, 0.15) is 5.75 Å². The normalized spacial score (nSPS) is 14.0. The monoisotopic (exact) mass is 361 g/mol. The Kier molecular flexibility index (Phi) is 4.77. The van der Waals surface area contributed by atoms with Gasteiger partial charge in [0, 0.05) is 37.0 Å². The summed E-state index contributed by atoms with van der Waals surface area (Å²) in [6.07, 6.45) is 2.64. The van der Waals surface area contributed by atoms with E-state index >= 15 is 0 Å². The van der Waals surface area contributed by atoms with E-state index in [1.807, 2.05) is 47.0 Å². The van der Waals surface area contributed by atoms with Crippen LogP contribution in [0, 0.1) is 0 Å². The fourth-order valence-electron chi connectivity index (χ4n) is 3.68. The number of hydrogen-bond donors (Lipinski definition) is 0. The predicted molar refractivity (Wildman–Crippen MR) is 106 cm³/mol. The second kappa shape index (κ2) is 7.37. The maximum absolute atomic E-state index is 13.4. The Morgan fingerprint density at radius 3 is 2.81 bits per heavy atom. The summed E-state index contributed by atoms with van der Waals surface area (Å²) in [5.41, 5.74) is 4.83. The Morgan fingerprint density at radius 1 is 1.15 bits per heavy atom. The lowest BCUT2D eigenvalue weighted by Gasteiger charge is -2.28. The van der Waals surface area contributed by atoms with Crippen molar-refractivity contribution in [1.82, 2.24) is 14.5 Å². The SMILES string of the molecule is COc1cccc(-c2cc3c(n(Cc4ccccn4)c2=O)CCN(C)C3)c1. The molecule has 0 saturated heterocycles. The molecule has 1 aliphatic rings. The average Bonchev–Trinajstić information content (AvgIpc) is 2.70. The Morgan fingerprint density at radius 2 is 2.04 bits per heavy atom. The number of nitrogens with zero attached hydrogens (tertiary/aromatic N) is 3. The van der Waals surface area contributed by atoms with Crippen LogP contribution in [0.4, 0.5) is 0 Å². The van der Waals surface area contributed by atoms with Crippen molar-refractivity contribution in [1.29, 1.82) is 0 Å². The molecule has 2 aromatic heterocycles. The van der Waals surface area contributed by atoms with Gasteiger partial charge in [-0.3, -0.25) is 9.78 Å². The molecule has 4 rings (SSSR count). The third-order valence-corrected chi connectivity index (χ3v) is 5.09. The molecule has 0 atom stereocenters. The number of pyridine rings is 2. The lowest BCUT2D eigenvalue weighted by Crippen LogP contribution is -2.35. The molecule has 0 N–H and O–H groups in total. The first-order valence-corrected chi connectivity index (χ1v) is 9.14. The van der Waals surface area contributed by atoms with E-state index in [9.17, 15) is 4.79 Å². The van der Waals surface area contributed by atoms with Gasteiger partial charge in [-0.25, -0.2) is 0 Å². The van der Waals surface area contributed by atoms with E-state index in [-0.39, 0.29) is 5.56 Å². The minimum absolute atomic E-state index is 0.0252. The van der Waals surface area contributed by atoms with Gasteiger partial charge >= 0.3 is 0 Å². The second-order valence-electron chi connectivity index (χ2n) is 6.96. The van der Waals surface area contributed by atoms with Crippen molar-refractivity contribution in [3.63, 3.8) is 0 Å². The van der Waals surface area contributed by atoms with Crippen LogP contribution in [0.3, 0.4) is 0 Å². The second-order valence-corrected chi connectivity index (χ2v) is 6.96. The summed E-state index contributed by atoms with van der Waals surface area (Å²) < 4.78 is 7.25. The van der Waals surface area contributed by atoms with Crippen LogP contribution >= 0.6 is 0 Å². The highest BCUT2D eigenvalue weighted by Crippen LogP contribution is 2.26. The Bertz CT molecular complexity index is 1010. The summed E-state index contributed by atoms with van der Waals surface area (Å²) >= 11 is 0. The van der Waals surface area contributed by atoms with E-state index in [0.29, 0.717) is 12.1 Å². The van der Waals surface area contributed by atoms with Crippen molar-refractivity contribution in [2.45, 2.75) is 19.5 Å². The summed E-state index contributed by atoms with van der Waals surface area (Å²) in [6, 6.07) is 15.6. The van der Waals surface area contributed by atoms with Gasteiger partial charge in [0.2, 0.25) is 0 Å². The van der Waals surface area contributed by atoms with E-state index in [0.717, 1.165) is 42.2 Å². The molecule has 3 heterocycles. The Balaban J connectivity index is 1.88. The van der Waals surface area contributed by atoms with Crippen LogP contribution in [0.25, 0.3) is 11.1 Å². The molecule has 1 aliphatic heterocycles. The Hall–Kier alpha value is -2.92. The van der Waals surface area contributed by atoms with Crippen LogP contribution in [0.1, 0.15) is 17.0 Å². The highest BCUT2D eigenvalue weighted by atomic mass is 16.5. The smallest absolute Gasteiger partial charge is 0.259 e. The maximum Gasteiger partial charge on any atom is 0.259 e. The van der Waals surface area contributed by atoms with E-state index in [2.05, 4.69) is 23.0 Å². The van der Waals surface area contributed by atoms with E-state index in [4.69, 9.17) is 4.74 Å². The molecule has 0 saturated carbocycles. The highest BCUT2D eigenvalue weighted by Gasteiger charge is 2.21. The number of fused-ring (bicyclic) bond motifs is 1. The van der Waals surface area contributed by atoms with Crippen molar-refractivity contribution in [2.24, 2.45) is 0 Å². The average molecular weight is 361 g/mol. The molecule has 5 nitrogen and oxygen atoms in total. The van der Waals surface area contributed by atoms with Crippen LogP contribution in [-0.2, 0) is 19.5 Å². The van der Waals surface area contributed by atoms with Gasteiger partial charge in [-0.15, -0.1) is 0 Å². The van der Waals surface area contributed by atoms with Gasteiger partial charge < -0.3 is 14.2 Å². The van der Waals surface area contributed by atoms with Gasteiger partial charge in [-0.2, -0.15) is 0 Å². The van der Waals surface area contributed by atoms with Gasteiger partial charge in [0.05, 0.1) is 19.3 Å². The largest absolute Gasteiger partial charge is 0.497 e. The molecular weight excluding hydrogens is 338 g/mol. The van der Waals surface area contributed by atoms with E-state index < -0.39 is 0 Å². The number of hydrogen-bond acceptors (Lipinski definition) is 4. The van der Waals surface area contributed by atoms with Crippen LogP contribution in [-0.4, -0.2) is 35.2 Å². The van der Waals surface area contributed by atoms with Crippen LogP contribution in [0.5, 0.6) is 5.75 Å². The zero-order valence-electron chi connectivity index (χ0n) is 15.7. The molecule has 0 amide bonds. The van der Waals surface area contributed by atoms with Crippen molar-refractivity contribution < 1.29 is 4.74 Å². The summed E-state index contributed by atoms with van der Waals surface area (Å²) in [5, 5.41) is 0. The fraction of sp³-hybridized carbons (Fsp3) is 0.273. The first-order valence-electron chi connectivity index (χ1n) is 9.14. The first-order chi connectivity index (χ1) is 13.2. The molecule has 5 heteroatoms. The van der Waals surface area contributed by atoms with Crippen LogP contribution in [0.15, 0.2) is 59.5 Å². The number of aromatic nitrogens is 2. The van der Waals surface area contributed by atoms with Gasteiger partial charge in [0.15, 0.2) is 0 Å². The van der Waals surface area contributed by atoms with Gasteiger partial charge in [0.25, 0.3) is 5.56 Å². The minimum atomic E-state index is 0.0252. The van der Waals surface area contributed by atoms with Crippen LogP contribution in [0.2, 0.25) is 0 Å². The van der Waals surface area contributed by atoms with Crippen molar-refractivity contribution in [3.05, 3.63) is 82.0 Å². The van der Waals surface area contributed by atoms with Crippen molar-refractivity contribution in [2.75, 3.05) is 20.7 Å². The first kappa shape index (κ1) is 17.5. The molecule has 27 heavy (non-hydrogen) atoms. The minimum Gasteiger partial charge on any atom is -0.497 e. The molecule has 1 aromatic carbocycles. The zero-order valence-corrected chi connectivity index (χ0v) is 15.7. The molecule has 138 valence electrons. The highest BCUT2D eigenvalue weighted by molar-refractivity contribution is 5.65. The van der Waals surface area contributed by atoms with Gasteiger partial charge in [-0.05, 0) is 48.5 Å². The number of benzene rings is 1. The fourth-order valence-corrected chi connectivity index (χ4v) is 3.68. The molecule has 0 radical (unpaired) electrons. The number of likely N-dealkylation sites (N-methyl/N-ethyl adjacent to an activating group) is 1. The van der Waals surface area contributed by atoms with Crippen LogP contribution < -0.4 is 10.3 Å². The molecule has 0 unspecified atom stereocenters. The standard InChI is InChI=1S/C22H23N3O2/c1-24-11-9-21-17(14-24)13-20(16-6-5-8-19(12-16)27-2)22(26)25(21)15-18-7-3-4-10-23-18/h3-8,10,12-13H,9,11,14-15H2,1-2H3. The lowest BCUT2D eigenvalue weighted by atomic mass is 9.99. The molecule has 0 aliphatic carbocycles. The summed E-state index contributed by atoms with van der Waals surface area (Å²) in [4.78, 5) is 20.1. The predicted octanol–water partition coefficient (Wildman–Crippen LogP) is 2.96. The Labute approximate surface area is 158 Å².